The summed E-state index contributed by atoms with van der Waals surface area (Å²) >= 11 is 0. The minimum Gasteiger partial charge on any atom is -0.317 e. The maximum Gasteiger partial charge on any atom is 0.0596 e. The molecular weight excluding hydrogens is 148 g/mol. The predicted molar refractivity (Wildman–Crippen MR) is 51.9 cm³/mol. The van der Waals surface area contributed by atoms with Crippen LogP contribution < -0.4 is 5.32 Å². The van der Waals surface area contributed by atoms with Gasteiger partial charge in [-0.2, -0.15) is 0 Å². The highest BCUT2D eigenvalue weighted by Gasteiger charge is 2.13. The van der Waals surface area contributed by atoms with Crippen LogP contribution in [0.1, 0.15) is 12.8 Å². The van der Waals surface area contributed by atoms with Crippen LogP contribution in [0.15, 0.2) is 0 Å². The lowest BCUT2D eigenvalue weighted by Crippen LogP contribution is -2.34. The highest BCUT2D eigenvalue weighted by atomic mass is 15.1. The van der Waals surface area contributed by atoms with E-state index in [0.29, 0.717) is 0 Å². The fraction of sp³-hybridized carbons (Fsp3) is 0.800. The maximum atomic E-state index is 5.23. The van der Waals surface area contributed by atoms with Crippen molar-refractivity contribution >= 4 is 0 Å². The van der Waals surface area contributed by atoms with Crippen molar-refractivity contribution in [3.63, 3.8) is 0 Å². The highest BCUT2D eigenvalue weighted by Crippen LogP contribution is 2.11. The summed E-state index contributed by atoms with van der Waals surface area (Å²) in [6.07, 6.45) is 7.83. The Morgan fingerprint density at radius 2 is 2.17 bits per heavy atom. The molecule has 1 aliphatic heterocycles. The zero-order valence-electron chi connectivity index (χ0n) is 7.84. The quantitative estimate of drug-likeness (QED) is 0.616. The molecular formula is C10H18N2. The first kappa shape index (κ1) is 9.57. The molecule has 2 heteroatoms. The van der Waals surface area contributed by atoms with Crippen LogP contribution in [-0.4, -0.2) is 38.1 Å². The van der Waals surface area contributed by atoms with Gasteiger partial charge in [-0.25, -0.2) is 0 Å². The largest absolute Gasteiger partial charge is 0.317 e. The SMILES string of the molecule is C#CCN(C)CC1CCNCC1. The van der Waals surface area contributed by atoms with Crippen molar-refractivity contribution in [2.24, 2.45) is 5.92 Å². The Morgan fingerprint density at radius 1 is 1.50 bits per heavy atom. The van der Waals surface area contributed by atoms with E-state index >= 15 is 0 Å². The molecule has 0 aromatic heterocycles. The summed E-state index contributed by atoms with van der Waals surface area (Å²) in [5.74, 6) is 3.52. The Labute approximate surface area is 75.3 Å². The van der Waals surface area contributed by atoms with Crippen LogP contribution in [0.5, 0.6) is 0 Å². The molecule has 12 heavy (non-hydrogen) atoms. The van der Waals surface area contributed by atoms with Crippen LogP contribution in [0.4, 0.5) is 0 Å². The Morgan fingerprint density at radius 3 is 2.75 bits per heavy atom. The van der Waals surface area contributed by atoms with Crippen molar-refractivity contribution in [2.75, 3.05) is 33.2 Å². The van der Waals surface area contributed by atoms with Crippen molar-refractivity contribution in [3.8, 4) is 12.3 Å². The molecule has 0 aliphatic carbocycles. The third-order valence-electron chi connectivity index (χ3n) is 2.39. The highest BCUT2D eigenvalue weighted by molar-refractivity contribution is 4.87. The van der Waals surface area contributed by atoms with Gasteiger partial charge in [-0.05, 0) is 38.9 Å². The van der Waals surface area contributed by atoms with E-state index in [4.69, 9.17) is 6.42 Å². The van der Waals surface area contributed by atoms with Crippen LogP contribution in [0, 0.1) is 18.3 Å². The summed E-state index contributed by atoms with van der Waals surface area (Å²) in [6, 6.07) is 0. The maximum absolute atomic E-state index is 5.23. The van der Waals surface area contributed by atoms with E-state index < -0.39 is 0 Å². The lowest BCUT2D eigenvalue weighted by molar-refractivity contribution is 0.259. The normalized spacial score (nSPS) is 19.4. The molecule has 0 radical (unpaired) electrons. The number of hydrogen-bond donors (Lipinski definition) is 1. The lowest BCUT2D eigenvalue weighted by Gasteiger charge is -2.26. The first-order chi connectivity index (χ1) is 5.83. The molecule has 2 nitrogen and oxygen atoms in total. The van der Waals surface area contributed by atoms with Crippen LogP contribution in [0.25, 0.3) is 0 Å². The van der Waals surface area contributed by atoms with E-state index in [1.54, 1.807) is 0 Å². The molecule has 0 aromatic carbocycles. The van der Waals surface area contributed by atoms with Crippen LogP contribution in [0.2, 0.25) is 0 Å². The van der Waals surface area contributed by atoms with Crippen molar-refractivity contribution in [3.05, 3.63) is 0 Å². The number of nitrogens with zero attached hydrogens (tertiary/aromatic N) is 1. The fourth-order valence-corrected chi connectivity index (χ4v) is 1.73. The standard InChI is InChI=1S/C10H18N2/c1-3-8-12(2)9-10-4-6-11-7-5-10/h1,10-11H,4-9H2,2H3. The molecule has 0 amide bonds. The molecule has 0 unspecified atom stereocenters. The van der Waals surface area contributed by atoms with Gasteiger partial charge in [0, 0.05) is 6.54 Å². The average Bonchev–Trinajstić information content (AvgIpc) is 2.06. The monoisotopic (exact) mass is 166 g/mol. The van der Waals surface area contributed by atoms with Gasteiger partial charge in [-0.3, -0.25) is 4.90 Å². The topological polar surface area (TPSA) is 15.3 Å². The van der Waals surface area contributed by atoms with Gasteiger partial charge in [-0.1, -0.05) is 5.92 Å². The zero-order chi connectivity index (χ0) is 8.81. The summed E-state index contributed by atoms with van der Waals surface area (Å²) in [7, 11) is 2.10. The molecule has 1 fully saturated rings. The van der Waals surface area contributed by atoms with Gasteiger partial charge < -0.3 is 5.32 Å². The van der Waals surface area contributed by atoms with Crippen LogP contribution in [-0.2, 0) is 0 Å². The average molecular weight is 166 g/mol. The summed E-state index contributed by atoms with van der Waals surface area (Å²) in [4.78, 5) is 2.23. The summed E-state index contributed by atoms with van der Waals surface area (Å²) in [5, 5.41) is 3.36. The van der Waals surface area contributed by atoms with Gasteiger partial charge in [-0.15, -0.1) is 6.42 Å². The van der Waals surface area contributed by atoms with Crippen LogP contribution in [0.3, 0.4) is 0 Å². The summed E-state index contributed by atoms with van der Waals surface area (Å²) in [6.45, 7) is 4.29. The molecule has 1 N–H and O–H groups in total. The van der Waals surface area contributed by atoms with E-state index in [1.807, 2.05) is 0 Å². The second-order valence-corrected chi connectivity index (χ2v) is 3.59. The Bertz CT molecular complexity index is 154. The van der Waals surface area contributed by atoms with Gasteiger partial charge in [0.15, 0.2) is 0 Å². The number of terminal acetylenes is 1. The molecule has 1 saturated heterocycles. The lowest BCUT2D eigenvalue weighted by atomic mass is 9.98. The number of piperidine rings is 1. The van der Waals surface area contributed by atoms with Crippen molar-refractivity contribution in [2.45, 2.75) is 12.8 Å². The van der Waals surface area contributed by atoms with E-state index in [2.05, 4.69) is 23.2 Å². The van der Waals surface area contributed by atoms with Gasteiger partial charge in [0.05, 0.1) is 6.54 Å². The van der Waals surface area contributed by atoms with Gasteiger partial charge in [0.2, 0.25) is 0 Å². The molecule has 1 rings (SSSR count). The number of rotatable bonds is 3. The van der Waals surface area contributed by atoms with E-state index in [-0.39, 0.29) is 0 Å². The van der Waals surface area contributed by atoms with Crippen LogP contribution >= 0.6 is 0 Å². The third-order valence-corrected chi connectivity index (χ3v) is 2.39. The smallest absolute Gasteiger partial charge is 0.0596 e. The molecule has 1 aliphatic rings. The molecule has 0 aromatic rings. The van der Waals surface area contributed by atoms with Gasteiger partial charge >= 0.3 is 0 Å². The van der Waals surface area contributed by atoms with Crippen molar-refractivity contribution in [1.29, 1.82) is 0 Å². The summed E-state index contributed by atoms with van der Waals surface area (Å²) < 4.78 is 0. The molecule has 0 atom stereocenters. The summed E-state index contributed by atoms with van der Waals surface area (Å²) in [5.41, 5.74) is 0. The minimum absolute atomic E-state index is 0.782. The van der Waals surface area contributed by atoms with Crippen molar-refractivity contribution in [1.82, 2.24) is 10.2 Å². The number of nitrogens with one attached hydrogen (secondary N) is 1. The van der Waals surface area contributed by atoms with E-state index in [9.17, 15) is 0 Å². The molecule has 1 heterocycles. The minimum atomic E-state index is 0.782. The number of hydrogen-bond acceptors (Lipinski definition) is 2. The molecule has 0 saturated carbocycles. The molecule has 0 spiro atoms. The Hall–Kier alpha value is -0.520. The van der Waals surface area contributed by atoms with Gasteiger partial charge in [0.25, 0.3) is 0 Å². The van der Waals surface area contributed by atoms with E-state index in [1.165, 1.54) is 25.9 Å². The second-order valence-electron chi connectivity index (χ2n) is 3.59. The third kappa shape index (κ3) is 3.25. The Balaban J connectivity index is 2.16. The first-order valence-corrected chi connectivity index (χ1v) is 4.65. The van der Waals surface area contributed by atoms with E-state index in [0.717, 1.165) is 19.0 Å². The molecule has 0 bridgehead atoms. The fourth-order valence-electron chi connectivity index (χ4n) is 1.73. The Kier molecular flexibility index (Phi) is 4.13. The zero-order valence-corrected chi connectivity index (χ0v) is 7.84. The second kappa shape index (κ2) is 5.18. The predicted octanol–water partition coefficient (Wildman–Crippen LogP) is 0.551. The van der Waals surface area contributed by atoms with Gasteiger partial charge in [0.1, 0.15) is 0 Å². The first-order valence-electron chi connectivity index (χ1n) is 4.65. The van der Waals surface area contributed by atoms with Crippen molar-refractivity contribution < 1.29 is 0 Å². The molecule has 68 valence electrons.